The predicted octanol–water partition coefficient (Wildman–Crippen LogP) is 1.98. The fourth-order valence-electron chi connectivity index (χ4n) is 2.38. The number of carbonyl (C=O) groups excluding carboxylic acids is 1. The van der Waals surface area contributed by atoms with Crippen LogP contribution in [0.25, 0.3) is 0 Å². The Balaban J connectivity index is 2.00. The van der Waals surface area contributed by atoms with Crippen molar-refractivity contribution in [2.24, 2.45) is 7.05 Å². The highest BCUT2D eigenvalue weighted by atomic mass is 16.1. The number of aryl methyl sites for hydroxylation is 1. The number of aromatic nitrogens is 3. The van der Waals surface area contributed by atoms with E-state index >= 15 is 0 Å². The molecular formula is C16H23N5O. The van der Waals surface area contributed by atoms with Crippen LogP contribution in [-0.4, -0.2) is 33.3 Å². The molecule has 0 fully saturated rings. The molecule has 1 amide bonds. The molecule has 1 heterocycles. The molecule has 1 aromatic carbocycles. The van der Waals surface area contributed by atoms with E-state index in [0.29, 0.717) is 18.2 Å². The largest absolute Gasteiger partial charge is 0.369 e. The van der Waals surface area contributed by atoms with E-state index in [1.54, 1.807) is 10.9 Å². The Morgan fingerprint density at radius 1 is 1.32 bits per heavy atom. The summed E-state index contributed by atoms with van der Waals surface area (Å²) in [5.74, 6) is 0.615. The van der Waals surface area contributed by atoms with Crippen LogP contribution in [0.1, 0.15) is 37.0 Å². The minimum absolute atomic E-state index is 0.109. The third-order valence-electron chi connectivity index (χ3n) is 3.64. The summed E-state index contributed by atoms with van der Waals surface area (Å²) in [6.07, 6.45) is 1.61. The van der Waals surface area contributed by atoms with Gasteiger partial charge in [0, 0.05) is 30.9 Å². The van der Waals surface area contributed by atoms with Gasteiger partial charge in [-0.25, -0.2) is 0 Å². The highest BCUT2D eigenvalue weighted by Gasteiger charge is 2.11. The summed E-state index contributed by atoms with van der Waals surface area (Å²) >= 11 is 0. The third kappa shape index (κ3) is 3.63. The van der Waals surface area contributed by atoms with Gasteiger partial charge in [-0.15, -0.1) is 10.2 Å². The van der Waals surface area contributed by atoms with Crippen molar-refractivity contribution in [1.29, 1.82) is 0 Å². The summed E-state index contributed by atoms with van der Waals surface area (Å²) < 4.78 is 1.78. The molecule has 0 aliphatic heterocycles. The summed E-state index contributed by atoms with van der Waals surface area (Å²) in [6, 6.07) is 8.11. The number of anilines is 1. The maximum atomic E-state index is 12.2. The van der Waals surface area contributed by atoms with Crippen molar-refractivity contribution in [1.82, 2.24) is 20.1 Å². The normalized spacial score (nSPS) is 10.8. The number of nitrogens with one attached hydrogen (secondary N) is 1. The number of nitrogens with zero attached hydrogens (tertiary/aromatic N) is 4. The molecule has 22 heavy (non-hydrogen) atoms. The van der Waals surface area contributed by atoms with E-state index < -0.39 is 0 Å². The Hall–Kier alpha value is -2.37. The second-order valence-electron chi connectivity index (χ2n) is 5.47. The molecule has 0 saturated heterocycles. The molecule has 0 aliphatic carbocycles. The SMILES string of the molecule is CCN(c1ccc(C(=O)NCc2nncn2C)cc1)C(C)C. The van der Waals surface area contributed by atoms with E-state index in [1.165, 1.54) is 0 Å². The first-order valence-electron chi connectivity index (χ1n) is 7.50. The molecule has 0 spiro atoms. The van der Waals surface area contributed by atoms with Crippen LogP contribution < -0.4 is 10.2 Å². The van der Waals surface area contributed by atoms with E-state index in [9.17, 15) is 4.79 Å². The van der Waals surface area contributed by atoms with Gasteiger partial charge in [0.1, 0.15) is 6.33 Å². The number of carbonyl (C=O) groups is 1. The summed E-state index contributed by atoms with van der Waals surface area (Å²) in [5, 5.41) is 10.6. The van der Waals surface area contributed by atoms with Crippen LogP contribution in [0.15, 0.2) is 30.6 Å². The Kier molecular flexibility index (Phi) is 5.14. The van der Waals surface area contributed by atoms with Crippen molar-refractivity contribution in [3.63, 3.8) is 0 Å². The van der Waals surface area contributed by atoms with Gasteiger partial charge in [-0.2, -0.15) is 0 Å². The third-order valence-corrected chi connectivity index (χ3v) is 3.64. The van der Waals surface area contributed by atoms with Crippen LogP contribution in [0.2, 0.25) is 0 Å². The van der Waals surface area contributed by atoms with E-state index in [1.807, 2.05) is 31.3 Å². The predicted molar refractivity (Wildman–Crippen MR) is 86.8 cm³/mol. The molecule has 0 aliphatic rings. The highest BCUT2D eigenvalue weighted by Crippen LogP contribution is 2.17. The Morgan fingerprint density at radius 2 is 2.00 bits per heavy atom. The standard InChI is InChI=1S/C16H23N5O/c1-5-21(12(2)3)14-8-6-13(7-9-14)16(22)17-10-15-19-18-11-20(15)4/h6-9,11-12H,5,10H2,1-4H3,(H,17,22). The lowest BCUT2D eigenvalue weighted by molar-refractivity contribution is 0.0949. The highest BCUT2D eigenvalue weighted by molar-refractivity contribution is 5.94. The van der Waals surface area contributed by atoms with Crippen molar-refractivity contribution < 1.29 is 4.79 Å². The molecule has 1 N–H and O–H groups in total. The van der Waals surface area contributed by atoms with Crippen molar-refractivity contribution in [2.75, 3.05) is 11.4 Å². The minimum atomic E-state index is -0.109. The zero-order valence-corrected chi connectivity index (χ0v) is 13.6. The average molecular weight is 301 g/mol. The molecule has 2 aromatic rings. The van der Waals surface area contributed by atoms with Crippen molar-refractivity contribution in [3.8, 4) is 0 Å². The van der Waals surface area contributed by atoms with Gasteiger partial charge >= 0.3 is 0 Å². The summed E-state index contributed by atoms with van der Waals surface area (Å²) in [5.41, 5.74) is 1.77. The smallest absolute Gasteiger partial charge is 0.251 e. The number of benzene rings is 1. The maximum Gasteiger partial charge on any atom is 0.251 e. The first-order valence-corrected chi connectivity index (χ1v) is 7.50. The molecular weight excluding hydrogens is 278 g/mol. The maximum absolute atomic E-state index is 12.2. The van der Waals surface area contributed by atoms with Gasteiger partial charge in [0.05, 0.1) is 6.54 Å². The van der Waals surface area contributed by atoms with Gasteiger partial charge in [-0.3, -0.25) is 4.79 Å². The van der Waals surface area contributed by atoms with Gasteiger partial charge < -0.3 is 14.8 Å². The topological polar surface area (TPSA) is 63.1 Å². The first kappa shape index (κ1) is 16.0. The molecule has 0 atom stereocenters. The average Bonchev–Trinajstić information content (AvgIpc) is 2.91. The van der Waals surface area contributed by atoms with E-state index in [-0.39, 0.29) is 5.91 Å². The summed E-state index contributed by atoms with van der Waals surface area (Å²) in [6.45, 7) is 7.75. The second-order valence-corrected chi connectivity index (χ2v) is 5.47. The van der Waals surface area contributed by atoms with Gasteiger partial charge in [-0.05, 0) is 45.0 Å². The molecule has 6 heteroatoms. The minimum Gasteiger partial charge on any atom is -0.369 e. The molecule has 2 rings (SSSR count). The number of amides is 1. The zero-order valence-electron chi connectivity index (χ0n) is 13.6. The van der Waals surface area contributed by atoms with Crippen LogP contribution in [-0.2, 0) is 13.6 Å². The van der Waals surface area contributed by atoms with Crippen LogP contribution in [0.5, 0.6) is 0 Å². The Morgan fingerprint density at radius 3 is 2.50 bits per heavy atom. The number of rotatable bonds is 6. The fourth-order valence-corrected chi connectivity index (χ4v) is 2.38. The Bertz CT molecular complexity index is 618. The number of hydrogen-bond acceptors (Lipinski definition) is 4. The molecule has 6 nitrogen and oxygen atoms in total. The monoisotopic (exact) mass is 301 g/mol. The van der Waals surface area contributed by atoms with Crippen LogP contribution in [0.4, 0.5) is 5.69 Å². The van der Waals surface area contributed by atoms with Crippen molar-refractivity contribution in [3.05, 3.63) is 42.0 Å². The van der Waals surface area contributed by atoms with Gasteiger partial charge in [0.15, 0.2) is 5.82 Å². The lowest BCUT2D eigenvalue weighted by atomic mass is 10.1. The zero-order chi connectivity index (χ0) is 16.1. The molecule has 118 valence electrons. The number of hydrogen-bond donors (Lipinski definition) is 1. The quantitative estimate of drug-likeness (QED) is 0.886. The van der Waals surface area contributed by atoms with E-state index in [0.717, 1.165) is 18.1 Å². The molecule has 0 radical (unpaired) electrons. The lowest BCUT2D eigenvalue weighted by Gasteiger charge is -2.27. The van der Waals surface area contributed by atoms with Crippen molar-refractivity contribution >= 4 is 11.6 Å². The molecule has 0 unspecified atom stereocenters. The molecule has 0 bridgehead atoms. The fraction of sp³-hybridized carbons (Fsp3) is 0.438. The summed E-state index contributed by atoms with van der Waals surface area (Å²) in [7, 11) is 1.85. The van der Waals surface area contributed by atoms with Crippen molar-refractivity contribution in [2.45, 2.75) is 33.4 Å². The van der Waals surface area contributed by atoms with Gasteiger partial charge in [-0.1, -0.05) is 0 Å². The van der Waals surface area contributed by atoms with Crippen LogP contribution >= 0.6 is 0 Å². The summed E-state index contributed by atoms with van der Waals surface area (Å²) in [4.78, 5) is 14.4. The molecule has 1 aromatic heterocycles. The Labute approximate surface area is 131 Å². The van der Waals surface area contributed by atoms with Gasteiger partial charge in [0.2, 0.25) is 0 Å². The van der Waals surface area contributed by atoms with Crippen LogP contribution in [0, 0.1) is 0 Å². The van der Waals surface area contributed by atoms with E-state index in [4.69, 9.17) is 0 Å². The lowest BCUT2D eigenvalue weighted by Crippen LogP contribution is -2.30. The van der Waals surface area contributed by atoms with Gasteiger partial charge in [0.25, 0.3) is 5.91 Å². The van der Waals surface area contributed by atoms with Crippen LogP contribution in [0.3, 0.4) is 0 Å². The second kappa shape index (κ2) is 7.06. The first-order chi connectivity index (χ1) is 10.5. The van der Waals surface area contributed by atoms with E-state index in [2.05, 4.69) is 41.2 Å². The molecule has 0 saturated carbocycles.